The molecule has 8 nitrogen and oxygen atoms in total. The van der Waals surface area contributed by atoms with Crippen LogP contribution in [0.4, 0.5) is 5.82 Å². The van der Waals surface area contributed by atoms with Gasteiger partial charge in [-0.3, -0.25) is 0 Å². The summed E-state index contributed by atoms with van der Waals surface area (Å²) < 4.78 is 1.66. The standard InChI is InChI=1S/C22H30N6O2S/c1-3-13-31-22-24-20(23-12-4-5-15-8-6-14(2)7-9-15)18-21(25-22)28(27-26-18)16-10-11-17(29)19(16)30/h6-9,16-17,19,29-30H,3-5,10-13H2,1-2H3,(H,23,24,25)/t16-,17-,19+/m1/s1. The SMILES string of the molecule is CCCSc1nc(NCCCc2ccc(C)cc2)c2nnn([C@@H]3CC[C@@H](O)[C@H]3O)c2n1. The monoisotopic (exact) mass is 442 g/mol. The fourth-order valence-electron chi connectivity index (χ4n) is 3.88. The Balaban J connectivity index is 1.52. The Kier molecular flexibility index (Phi) is 7.04. The number of rotatable bonds is 9. The highest BCUT2D eigenvalue weighted by atomic mass is 32.2. The summed E-state index contributed by atoms with van der Waals surface area (Å²) in [5.41, 5.74) is 3.79. The Bertz CT molecular complexity index is 1010. The molecule has 4 rings (SSSR count). The van der Waals surface area contributed by atoms with E-state index in [0.717, 1.165) is 31.6 Å². The highest BCUT2D eigenvalue weighted by Crippen LogP contribution is 2.33. The van der Waals surface area contributed by atoms with Crippen LogP contribution in [-0.4, -0.2) is 59.7 Å². The molecule has 0 bridgehead atoms. The summed E-state index contributed by atoms with van der Waals surface area (Å²) in [4.78, 5) is 9.36. The molecule has 0 unspecified atom stereocenters. The first-order valence-corrected chi connectivity index (χ1v) is 12.0. The largest absolute Gasteiger partial charge is 0.390 e. The summed E-state index contributed by atoms with van der Waals surface area (Å²) in [5.74, 6) is 1.59. The van der Waals surface area contributed by atoms with Crippen LogP contribution in [0.1, 0.15) is 49.8 Å². The fraction of sp³-hybridized carbons (Fsp3) is 0.545. The van der Waals surface area contributed by atoms with Gasteiger partial charge in [0.15, 0.2) is 22.1 Å². The molecular formula is C22H30N6O2S. The van der Waals surface area contributed by atoms with Gasteiger partial charge in [-0.2, -0.15) is 0 Å². The van der Waals surface area contributed by atoms with Gasteiger partial charge in [0, 0.05) is 12.3 Å². The Hall–Kier alpha value is -2.23. The van der Waals surface area contributed by atoms with Crippen molar-refractivity contribution in [3.8, 4) is 0 Å². The van der Waals surface area contributed by atoms with Gasteiger partial charge in [0.2, 0.25) is 0 Å². The minimum absolute atomic E-state index is 0.326. The van der Waals surface area contributed by atoms with Gasteiger partial charge < -0.3 is 15.5 Å². The smallest absolute Gasteiger partial charge is 0.191 e. The van der Waals surface area contributed by atoms with E-state index in [4.69, 9.17) is 0 Å². The van der Waals surface area contributed by atoms with Crippen molar-refractivity contribution in [1.82, 2.24) is 25.0 Å². The molecule has 0 amide bonds. The second-order valence-electron chi connectivity index (χ2n) is 8.13. The minimum atomic E-state index is -0.863. The van der Waals surface area contributed by atoms with E-state index in [2.05, 4.69) is 63.7 Å². The van der Waals surface area contributed by atoms with E-state index < -0.39 is 12.2 Å². The molecule has 3 N–H and O–H groups in total. The highest BCUT2D eigenvalue weighted by Gasteiger charge is 2.36. The first-order chi connectivity index (χ1) is 15.1. The number of fused-ring (bicyclic) bond motifs is 1. The third-order valence-electron chi connectivity index (χ3n) is 5.65. The van der Waals surface area contributed by atoms with Crippen molar-refractivity contribution in [3.63, 3.8) is 0 Å². The summed E-state index contributed by atoms with van der Waals surface area (Å²) >= 11 is 1.60. The minimum Gasteiger partial charge on any atom is -0.390 e. The van der Waals surface area contributed by atoms with E-state index in [0.29, 0.717) is 35.0 Å². The van der Waals surface area contributed by atoms with Crippen LogP contribution in [0.25, 0.3) is 11.2 Å². The molecule has 9 heteroatoms. The predicted octanol–water partition coefficient (Wildman–Crippen LogP) is 3.13. The van der Waals surface area contributed by atoms with Crippen molar-refractivity contribution in [2.45, 2.75) is 69.4 Å². The molecule has 0 spiro atoms. The van der Waals surface area contributed by atoms with E-state index in [-0.39, 0.29) is 6.04 Å². The van der Waals surface area contributed by atoms with Gasteiger partial charge in [0.1, 0.15) is 6.10 Å². The zero-order valence-electron chi connectivity index (χ0n) is 18.0. The average Bonchev–Trinajstić information content (AvgIpc) is 3.34. The third kappa shape index (κ3) is 4.99. The second kappa shape index (κ2) is 9.93. The summed E-state index contributed by atoms with van der Waals surface area (Å²) in [6, 6.07) is 8.30. The average molecular weight is 443 g/mol. The third-order valence-corrected chi connectivity index (χ3v) is 6.71. The topological polar surface area (TPSA) is 109 Å². The van der Waals surface area contributed by atoms with Crippen molar-refractivity contribution in [2.24, 2.45) is 0 Å². The molecule has 1 saturated carbocycles. The van der Waals surface area contributed by atoms with Crippen LogP contribution < -0.4 is 5.32 Å². The number of thioether (sulfide) groups is 1. The molecule has 1 aromatic carbocycles. The first kappa shape index (κ1) is 22.0. The molecule has 166 valence electrons. The lowest BCUT2D eigenvalue weighted by atomic mass is 10.1. The van der Waals surface area contributed by atoms with E-state index in [1.165, 1.54) is 11.1 Å². The second-order valence-corrected chi connectivity index (χ2v) is 9.19. The molecule has 2 aromatic heterocycles. The van der Waals surface area contributed by atoms with E-state index in [9.17, 15) is 10.2 Å². The molecule has 31 heavy (non-hydrogen) atoms. The number of anilines is 1. The van der Waals surface area contributed by atoms with Gasteiger partial charge in [-0.15, -0.1) is 5.10 Å². The maximum absolute atomic E-state index is 10.4. The van der Waals surface area contributed by atoms with Crippen molar-refractivity contribution < 1.29 is 10.2 Å². The number of benzene rings is 1. The maximum atomic E-state index is 10.4. The number of nitrogens with one attached hydrogen (secondary N) is 1. The number of aliphatic hydroxyl groups is 2. The first-order valence-electron chi connectivity index (χ1n) is 11.0. The van der Waals surface area contributed by atoms with Gasteiger partial charge in [-0.1, -0.05) is 53.7 Å². The number of hydrogen-bond acceptors (Lipinski definition) is 8. The van der Waals surface area contributed by atoms with E-state index >= 15 is 0 Å². The van der Waals surface area contributed by atoms with Gasteiger partial charge in [0.25, 0.3) is 0 Å². The molecular weight excluding hydrogens is 412 g/mol. The van der Waals surface area contributed by atoms with Gasteiger partial charge in [-0.25, -0.2) is 14.6 Å². The van der Waals surface area contributed by atoms with Gasteiger partial charge in [-0.05, 0) is 44.6 Å². The van der Waals surface area contributed by atoms with Crippen molar-refractivity contribution >= 4 is 28.7 Å². The number of aliphatic hydroxyl groups excluding tert-OH is 2. The fourth-order valence-corrected chi connectivity index (χ4v) is 4.57. The van der Waals surface area contributed by atoms with Crippen molar-refractivity contribution in [3.05, 3.63) is 35.4 Å². The Morgan fingerprint density at radius 2 is 1.97 bits per heavy atom. The quantitative estimate of drug-likeness (QED) is 0.263. The van der Waals surface area contributed by atoms with Crippen LogP contribution in [-0.2, 0) is 6.42 Å². The molecule has 1 aliphatic carbocycles. The molecule has 3 aromatic rings. The van der Waals surface area contributed by atoms with Crippen molar-refractivity contribution in [2.75, 3.05) is 17.6 Å². The lowest BCUT2D eigenvalue weighted by Crippen LogP contribution is -2.28. The van der Waals surface area contributed by atoms with E-state index in [1.54, 1.807) is 16.4 Å². The molecule has 0 radical (unpaired) electrons. The van der Waals surface area contributed by atoms with Crippen LogP contribution in [0, 0.1) is 6.92 Å². The van der Waals surface area contributed by atoms with Crippen LogP contribution in [0.2, 0.25) is 0 Å². The zero-order chi connectivity index (χ0) is 21.8. The number of nitrogens with zero attached hydrogens (tertiary/aromatic N) is 5. The number of hydrogen-bond donors (Lipinski definition) is 3. The Morgan fingerprint density at radius 1 is 1.16 bits per heavy atom. The Labute approximate surface area is 186 Å². The highest BCUT2D eigenvalue weighted by molar-refractivity contribution is 7.99. The van der Waals surface area contributed by atoms with Crippen LogP contribution in [0.3, 0.4) is 0 Å². The van der Waals surface area contributed by atoms with Crippen molar-refractivity contribution in [1.29, 1.82) is 0 Å². The lowest BCUT2D eigenvalue weighted by molar-refractivity contribution is 0.0215. The molecule has 1 fully saturated rings. The molecule has 3 atom stereocenters. The summed E-state index contributed by atoms with van der Waals surface area (Å²) in [7, 11) is 0. The summed E-state index contributed by atoms with van der Waals surface area (Å²) in [6.07, 6.45) is 2.56. The van der Waals surface area contributed by atoms with E-state index in [1.807, 2.05) is 0 Å². The summed E-state index contributed by atoms with van der Waals surface area (Å²) in [5, 5.41) is 33.0. The zero-order valence-corrected chi connectivity index (χ0v) is 18.8. The van der Waals surface area contributed by atoms with Crippen LogP contribution in [0.5, 0.6) is 0 Å². The molecule has 2 heterocycles. The van der Waals surface area contributed by atoms with Crippen LogP contribution in [0.15, 0.2) is 29.4 Å². The predicted molar refractivity (Wildman–Crippen MR) is 122 cm³/mol. The lowest BCUT2D eigenvalue weighted by Gasteiger charge is -2.16. The summed E-state index contributed by atoms with van der Waals surface area (Å²) in [6.45, 7) is 4.98. The van der Waals surface area contributed by atoms with Gasteiger partial charge >= 0.3 is 0 Å². The Morgan fingerprint density at radius 3 is 2.68 bits per heavy atom. The molecule has 1 aliphatic rings. The maximum Gasteiger partial charge on any atom is 0.191 e. The number of aromatic nitrogens is 5. The number of aryl methyl sites for hydroxylation is 2. The molecule has 0 saturated heterocycles. The normalized spacial score (nSPS) is 21.1. The molecule has 0 aliphatic heterocycles. The van der Waals surface area contributed by atoms with Crippen LogP contribution >= 0.6 is 11.8 Å². The van der Waals surface area contributed by atoms with Gasteiger partial charge in [0.05, 0.1) is 12.1 Å².